The van der Waals surface area contributed by atoms with Crippen molar-refractivity contribution in [3.8, 4) is 308 Å². The number of para-hydroxylation sites is 1. The maximum atomic E-state index is 13.2. The highest BCUT2D eigenvalue weighted by atomic mass is 16.7. The number of ether oxygens (including phenoxy) is 2. The molecule has 0 radical (unpaired) electrons. The monoisotopic (exact) mass is 1130 g/mol. The van der Waals surface area contributed by atoms with Crippen LogP contribution in [0.5, 0.6) is 11.5 Å². The van der Waals surface area contributed by atoms with Crippen molar-refractivity contribution in [1.29, 1.82) is 0 Å². The average Bonchev–Trinajstić information content (AvgIpc) is 1.52. The van der Waals surface area contributed by atoms with Crippen LogP contribution in [0.2, 0.25) is 0 Å². The van der Waals surface area contributed by atoms with Crippen LogP contribution in [0.3, 0.4) is 0 Å². The number of carbonyl (C=O) groups excluding carboxylic acids is 3. The van der Waals surface area contributed by atoms with Gasteiger partial charge >= 0.3 is 11.9 Å². The van der Waals surface area contributed by atoms with Crippen molar-refractivity contribution in [3.05, 3.63) is 23.8 Å². The van der Waals surface area contributed by atoms with Crippen LogP contribution in [0.25, 0.3) is 0 Å². The first-order chi connectivity index (χ1) is 43.0. The molecule has 0 saturated carbocycles. The van der Waals surface area contributed by atoms with Crippen LogP contribution in [-0.4, -0.2) is 98.8 Å². The van der Waals surface area contributed by atoms with E-state index in [2.05, 4.69) is 317 Å². The van der Waals surface area contributed by atoms with E-state index >= 15 is 0 Å². The van der Waals surface area contributed by atoms with E-state index in [1.54, 1.807) is 26.0 Å². The summed E-state index contributed by atoms with van der Waals surface area (Å²) >= 11 is 0. The lowest BCUT2D eigenvalue weighted by molar-refractivity contribution is -0.674. The lowest BCUT2D eigenvalue weighted by Gasteiger charge is -2.41. The number of nitrogens with zero attached hydrogens (tertiary/aromatic N) is 2. The molecule has 15 nitrogen and oxygen atoms in total. The number of hydrogen-bond acceptors (Lipinski definition) is 11. The van der Waals surface area contributed by atoms with Crippen LogP contribution in [0.4, 0.5) is 0 Å². The molecule has 10 N–H and O–H groups in total. The van der Waals surface area contributed by atoms with E-state index in [4.69, 9.17) is 20.9 Å². The zero-order valence-electron chi connectivity index (χ0n) is 46.0. The number of imide groups is 1. The zero-order valence-corrected chi connectivity index (χ0v) is 46.0. The number of likely N-dealkylation sites (tertiary alicyclic amines) is 1. The fourth-order valence-corrected chi connectivity index (χ4v) is 7.32. The van der Waals surface area contributed by atoms with Gasteiger partial charge in [-0.15, -0.1) is 0 Å². The Morgan fingerprint density at radius 1 is 0.568 bits per heavy atom. The lowest BCUT2D eigenvalue weighted by atomic mass is 9.85. The van der Waals surface area contributed by atoms with Crippen LogP contribution in [0.1, 0.15) is 37.0 Å². The number of nitrogens with two attached hydrogens (primary N) is 2. The maximum Gasteiger partial charge on any atom is 0.347 e. The summed E-state index contributed by atoms with van der Waals surface area (Å²) in [5.74, 6) is 123. The van der Waals surface area contributed by atoms with Crippen molar-refractivity contribution >= 4 is 29.6 Å². The molecular weight excluding hydrogens is 1100 g/mol. The quantitative estimate of drug-likeness (QED) is 0.0618. The van der Waals surface area contributed by atoms with E-state index in [-0.39, 0.29) is 67.8 Å². The van der Waals surface area contributed by atoms with Crippen molar-refractivity contribution in [2.75, 3.05) is 19.9 Å². The van der Waals surface area contributed by atoms with E-state index in [1.807, 2.05) is 0 Å². The molecule has 1 spiro atoms. The molecule has 1 aromatic carbocycles. The van der Waals surface area contributed by atoms with Crippen LogP contribution >= 0.6 is 0 Å². The third kappa shape index (κ3) is 20.2. The number of aliphatic hydroxyl groups is 2. The molecule has 15 heteroatoms. The molecule has 2 saturated heterocycles. The molecule has 6 rings (SSSR count). The van der Waals surface area contributed by atoms with Gasteiger partial charge in [0.05, 0.1) is 18.7 Å². The van der Waals surface area contributed by atoms with Gasteiger partial charge in [0, 0.05) is 202 Å². The molecule has 404 valence electrons. The Hall–Kier alpha value is -15.1. The Morgan fingerprint density at radius 2 is 0.909 bits per heavy atom. The van der Waals surface area contributed by atoms with Crippen molar-refractivity contribution in [3.63, 3.8) is 0 Å². The van der Waals surface area contributed by atoms with Crippen LogP contribution in [-0.2, 0) is 9.59 Å². The fraction of sp³-hybridized carbons (Fsp3) is 0.164. The molecule has 0 bridgehead atoms. The topological polar surface area (TPSA) is 218 Å². The summed E-state index contributed by atoms with van der Waals surface area (Å²) in [5.41, 5.74) is 10.8. The first kappa shape index (κ1) is 63.7. The molecule has 2 unspecified atom stereocenters. The van der Waals surface area contributed by atoms with Gasteiger partial charge in [-0.3, -0.25) is 41.1 Å². The number of guanidine groups is 2. The van der Waals surface area contributed by atoms with E-state index in [0.717, 1.165) is 4.90 Å². The van der Waals surface area contributed by atoms with E-state index < -0.39 is 35.5 Å². The van der Waals surface area contributed by atoms with Gasteiger partial charge in [-0.1, -0.05) is 17.9 Å². The summed E-state index contributed by atoms with van der Waals surface area (Å²) in [6.07, 6.45) is 0.227. The largest absolute Gasteiger partial charge is 0.454 e. The third-order valence-electron chi connectivity index (χ3n) is 10.6. The minimum atomic E-state index is -2.61. The summed E-state index contributed by atoms with van der Waals surface area (Å²) in [5, 5.41) is 31.7. The van der Waals surface area contributed by atoms with Gasteiger partial charge in [0.1, 0.15) is 12.1 Å². The minimum absolute atomic E-state index is 0.0309. The minimum Gasteiger partial charge on any atom is -0.454 e. The standard InChI is InChI=1S/C52H6.C21H24N8O7/c1-3-5-7-9-11-13-15-17-19-21-23-25-27-29-31-33-35-37-39-41-43-45-47-49-51-52-50-48-46-44-42-40-38-36-34-32-30-28-26-24-22-20-18-16-14-12-10-8-6-4-2;22-18-26-16-10(6-28-13(30)4-5-14(28)31)24-19(23)29-7-12(21(33,34)20(16,29)27-18)25-17(32)9-2-1-3-11-15(9)36-8-35-11/h1-2H3;1-3,10,12,16,33-34H,4-8H2,(H6,22,23,24,25,26,27,32)/p+2/t;10-,12?,16-,20?/m.0/s1. The van der Waals surface area contributed by atoms with Crippen LogP contribution < -0.4 is 41.9 Å². The molecule has 5 heterocycles. The van der Waals surface area contributed by atoms with Crippen molar-refractivity contribution in [2.24, 2.45) is 11.5 Å². The molecule has 5 aliphatic rings. The third-order valence-corrected chi connectivity index (χ3v) is 10.6. The first-order valence-corrected chi connectivity index (χ1v) is 24.7. The van der Waals surface area contributed by atoms with Gasteiger partial charge < -0.3 is 25.0 Å². The Balaban J connectivity index is 0.000000338. The molecule has 88 heavy (non-hydrogen) atoms. The molecule has 4 atom stereocenters. The van der Waals surface area contributed by atoms with Gasteiger partial charge in [-0.25, -0.2) is 9.89 Å². The predicted molar refractivity (Wildman–Crippen MR) is 324 cm³/mol. The average molecular weight is 1130 g/mol. The number of fused-ring (bicyclic) bond motifs is 1. The summed E-state index contributed by atoms with van der Waals surface area (Å²) in [4.78, 5) is 41.7. The Bertz CT molecular complexity index is 4770. The van der Waals surface area contributed by atoms with Crippen LogP contribution in [0.15, 0.2) is 18.2 Å². The molecule has 1 aromatic rings. The number of carbonyl (C=O) groups is 3. The second-order valence-corrected chi connectivity index (χ2v) is 15.9. The Labute approximate surface area is 510 Å². The SMILES string of the molecule is CC#CC#CC#CC#CC#CC#CC#CC#CC#CC#CC#CC#CC#CC#CC#CC#CC#CC#CC#CC#CC#CC#CC#CC#CC#CC.NC1=[NH+][C@H]2[C@H](CN3C(=O)CCC3=O)NC(N)=[N+]3CC(NC(=O)c4cccc5c4OCO5)C(O)(O)C23N1. The summed E-state index contributed by atoms with van der Waals surface area (Å²) in [6, 6.07) is 1.99. The highest BCUT2D eigenvalue weighted by Gasteiger charge is 2.78. The van der Waals surface area contributed by atoms with Crippen molar-refractivity contribution < 1.29 is 43.6 Å². The van der Waals surface area contributed by atoms with Gasteiger partial charge in [-0.2, -0.15) is 0 Å². The normalized spacial score (nSPS) is 15.2. The molecule has 2 fully saturated rings. The van der Waals surface area contributed by atoms with E-state index in [1.165, 1.54) is 10.6 Å². The van der Waals surface area contributed by atoms with Gasteiger partial charge in [0.15, 0.2) is 17.5 Å². The number of rotatable bonds is 4. The second-order valence-electron chi connectivity index (χ2n) is 15.9. The summed E-state index contributed by atoms with van der Waals surface area (Å²) in [7, 11) is 0. The zero-order chi connectivity index (χ0) is 62.8. The number of nitrogens with one attached hydrogen (secondary N) is 4. The van der Waals surface area contributed by atoms with Crippen molar-refractivity contribution in [1.82, 2.24) is 20.9 Å². The van der Waals surface area contributed by atoms with E-state index in [0.29, 0.717) is 5.75 Å². The maximum absolute atomic E-state index is 13.2. The van der Waals surface area contributed by atoms with Gasteiger partial charge in [0.2, 0.25) is 18.6 Å². The summed E-state index contributed by atoms with van der Waals surface area (Å²) in [6.45, 7) is 3.17. The smallest absolute Gasteiger partial charge is 0.347 e. The number of benzene rings is 1. The molecular formula is C73H32N8O7+2. The van der Waals surface area contributed by atoms with Crippen LogP contribution in [0, 0.1) is 296 Å². The number of amides is 3. The van der Waals surface area contributed by atoms with Gasteiger partial charge in [-0.05, 0) is 121 Å². The molecule has 3 amide bonds. The predicted octanol–water partition coefficient (Wildman–Crippen LogP) is -5.17. The first-order valence-electron chi connectivity index (χ1n) is 24.7. The Morgan fingerprint density at radius 3 is 1.25 bits per heavy atom. The fourth-order valence-electron chi connectivity index (χ4n) is 7.32. The van der Waals surface area contributed by atoms with E-state index in [9.17, 15) is 24.6 Å². The Kier molecular flexibility index (Phi) is 26.2. The molecule has 0 aliphatic carbocycles. The van der Waals surface area contributed by atoms with Crippen molar-refractivity contribution in [2.45, 2.75) is 56.3 Å². The summed E-state index contributed by atoms with van der Waals surface area (Å²) < 4.78 is 12.2. The second kappa shape index (κ2) is 36.2. The molecule has 5 aliphatic heterocycles. The lowest BCUT2D eigenvalue weighted by Crippen LogP contribution is -2.92. The highest BCUT2D eigenvalue weighted by Crippen LogP contribution is 2.39. The molecule has 0 aromatic heterocycles. The highest BCUT2D eigenvalue weighted by molar-refractivity contribution is 6.02. The van der Waals surface area contributed by atoms with Gasteiger partial charge in [0.25, 0.3) is 17.4 Å². The number of hydrogen-bond donors (Lipinski definition) is 8.